The number of carbonyl (C=O) groups excluding carboxylic acids is 1. The first-order chi connectivity index (χ1) is 12.2. The summed E-state index contributed by atoms with van der Waals surface area (Å²) in [7, 11) is -0.572. The van der Waals surface area contributed by atoms with Gasteiger partial charge in [-0.25, -0.2) is 12.7 Å². The van der Waals surface area contributed by atoms with Crippen molar-refractivity contribution in [3.63, 3.8) is 0 Å². The second-order valence-corrected chi connectivity index (χ2v) is 9.67. The van der Waals surface area contributed by atoms with Crippen LogP contribution < -0.4 is 5.32 Å². The maximum atomic E-state index is 12.7. The number of hydrogen-bond acceptors (Lipinski definition) is 4. The summed E-state index contributed by atoms with van der Waals surface area (Å²) in [6.45, 7) is 6.05. The van der Waals surface area contributed by atoms with E-state index in [2.05, 4.69) is 19.2 Å². The lowest BCUT2D eigenvalue weighted by Crippen LogP contribution is -2.22. The van der Waals surface area contributed by atoms with Crippen LogP contribution in [0.4, 0.5) is 5.69 Å². The number of sulfonamides is 1. The Morgan fingerprint density at radius 2 is 1.88 bits per heavy atom. The molecule has 0 saturated heterocycles. The smallest absolute Gasteiger partial charge is 0.265 e. The van der Waals surface area contributed by atoms with Crippen molar-refractivity contribution in [1.82, 2.24) is 4.31 Å². The molecule has 0 aliphatic heterocycles. The van der Waals surface area contributed by atoms with Gasteiger partial charge in [-0.3, -0.25) is 4.79 Å². The van der Waals surface area contributed by atoms with Crippen LogP contribution in [0.3, 0.4) is 0 Å². The SMILES string of the molecule is CCCc1sc(C(=O)Nc2cc(S(=O)(=O)N(C)C)ccc2C)cc1CC. The van der Waals surface area contributed by atoms with E-state index in [0.717, 1.165) is 29.1 Å². The van der Waals surface area contributed by atoms with E-state index in [-0.39, 0.29) is 10.8 Å². The van der Waals surface area contributed by atoms with Gasteiger partial charge in [0.1, 0.15) is 0 Å². The van der Waals surface area contributed by atoms with E-state index in [9.17, 15) is 13.2 Å². The molecule has 0 bridgehead atoms. The van der Waals surface area contributed by atoms with Crippen molar-refractivity contribution in [3.05, 3.63) is 45.1 Å². The highest BCUT2D eigenvalue weighted by Crippen LogP contribution is 2.27. The van der Waals surface area contributed by atoms with Gasteiger partial charge in [0, 0.05) is 24.7 Å². The molecule has 0 radical (unpaired) electrons. The van der Waals surface area contributed by atoms with Gasteiger partial charge >= 0.3 is 0 Å². The lowest BCUT2D eigenvalue weighted by atomic mass is 10.1. The molecule has 0 unspecified atom stereocenters. The summed E-state index contributed by atoms with van der Waals surface area (Å²) in [6, 6.07) is 6.73. The monoisotopic (exact) mass is 394 g/mol. The average molecular weight is 395 g/mol. The van der Waals surface area contributed by atoms with Gasteiger partial charge in [0.2, 0.25) is 10.0 Å². The van der Waals surface area contributed by atoms with Crippen molar-refractivity contribution in [2.75, 3.05) is 19.4 Å². The maximum absolute atomic E-state index is 12.7. The van der Waals surface area contributed by atoms with E-state index < -0.39 is 10.0 Å². The van der Waals surface area contributed by atoms with Gasteiger partial charge in [0.15, 0.2) is 0 Å². The molecule has 0 aliphatic carbocycles. The lowest BCUT2D eigenvalue weighted by Gasteiger charge is -2.14. The number of nitrogens with zero attached hydrogens (tertiary/aromatic N) is 1. The first kappa shape index (κ1) is 20.6. The van der Waals surface area contributed by atoms with Crippen LogP contribution in [0.2, 0.25) is 0 Å². The van der Waals surface area contributed by atoms with Crippen LogP contribution in [0.1, 0.15) is 45.9 Å². The molecule has 7 heteroatoms. The van der Waals surface area contributed by atoms with Crippen molar-refractivity contribution >= 4 is 33.0 Å². The molecule has 2 rings (SSSR count). The van der Waals surface area contributed by atoms with Crippen molar-refractivity contribution in [3.8, 4) is 0 Å². The zero-order valence-electron chi connectivity index (χ0n) is 15.9. The number of nitrogens with one attached hydrogen (secondary N) is 1. The molecule has 5 nitrogen and oxygen atoms in total. The minimum atomic E-state index is -3.55. The quantitative estimate of drug-likeness (QED) is 0.770. The summed E-state index contributed by atoms with van der Waals surface area (Å²) in [6.07, 6.45) is 2.91. The Labute approximate surface area is 160 Å². The van der Waals surface area contributed by atoms with Gasteiger partial charge in [0.25, 0.3) is 5.91 Å². The fourth-order valence-corrected chi connectivity index (χ4v) is 4.79. The third-order valence-corrected chi connectivity index (χ3v) is 7.26. The van der Waals surface area contributed by atoms with Crippen molar-refractivity contribution in [2.45, 2.75) is 44.9 Å². The molecule has 26 heavy (non-hydrogen) atoms. The number of carbonyl (C=O) groups is 1. The molecule has 0 spiro atoms. The van der Waals surface area contributed by atoms with Crippen molar-refractivity contribution in [2.24, 2.45) is 0 Å². The number of benzene rings is 1. The second-order valence-electron chi connectivity index (χ2n) is 6.38. The minimum absolute atomic E-state index is 0.162. The maximum Gasteiger partial charge on any atom is 0.265 e. The Kier molecular flexibility index (Phi) is 6.60. The molecule has 0 saturated carbocycles. The fraction of sp³-hybridized carbons (Fsp3) is 0.421. The number of aryl methyl sites for hydroxylation is 3. The predicted molar refractivity (Wildman–Crippen MR) is 108 cm³/mol. The van der Waals surface area contributed by atoms with E-state index in [1.807, 2.05) is 13.0 Å². The van der Waals surface area contributed by atoms with Crippen LogP contribution >= 0.6 is 11.3 Å². The Morgan fingerprint density at radius 1 is 1.19 bits per heavy atom. The molecule has 0 fully saturated rings. The van der Waals surface area contributed by atoms with E-state index in [4.69, 9.17) is 0 Å². The lowest BCUT2D eigenvalue weighted by molar-refractivity contribution is 0.103. The zero-order valence-corrected chi connectivity index (χ0v) is 17.6. The third kappa shape index (κ3) is 4.34. The van der Waals surface area contributed by atoms with E-state index >= 15 is 0 Å². The molecule has 0 aliphatic rings. The molecule has 1 aromatic heterocycles. The summed E-state index contributed by atoms with van der Waals surface area (Å²) in [5.74, 6) is -0.199. The van der Waals surface area contributed by atoms with Gasteiger partial charge in [-0.15, -0.1) is 11.3 Å². The molecule has 1 heterocycles. The largest absolute Gasteiger partial charge is 0.321 e. The first-order valence-electron chi connectivity index (χ1n) is 8.66. The van der Waals surface area contributed by atoms with Crippen LogP contribution in [0.25, 0.3) is 0 Å². The second kappa shape index (κ2) is 8.33. The standard InChI is InChI=1S/C19H26N2O3S2/c1-6-8-17-14(7-2)11-18(25-17)19(22)20-16-12-15(10-9-13(16)3)26(23,24)21(4)5/h9-12H,6-8H2,1-5H3,(H,20,22). The molecule has 1 aromatic carbocycles. The fourth-order valence-electron chi connectivity index (χ4n) is 2.61. The number of rotatable bonds is 7. The first-order valence-corrected chi connectivity index (χ1v) is 10.9. The molecular formula is C19H26N2O3S2. The number of thiophene rings is 1. The van der Waals surface area contributed by atoms with E-state index in [1.165, 1.54) is 41.9 Å². The summed E-state index contributed by atoms with van der Waals surface area (Å²) >= 11 is 1.52. The number of anilines is 1. The van der Waals surface area contributed by atoms with Gasteiger partial charge < -0.3 is 5.32 Å². The Morgan fingerprint density at radius 3 is 2.46 bits per heavy atom. The Balaban J connectivity index is 2.32. The highest BCUT2D eigenvalue weighted by Gasteiger charge is 2.20. The summed E-state index contributed by atoms with van der Waals surface area (Å²) in [5.41, 5.74) is 2.54. The Bertz CT molecular complexity index is 900. The van der Waals surface area contributed by atoms with Gasteiger partial charge in [-0.2, -0.15) is 0 Å². The minimum Gasteiger partial charge on any atom is -0.321 e. The summed E-state index contributed by atoms with van der Waals surface area (Å²) in [4.78, 5) is 14.8. The highest BCUT2D eigenvalue weighted by atomic mass is 32.2. The van der Waals surface area contributed by atoms with Crippen LogP contribution in [0, 0.1) is 6.92 Å². The van der Waals surface area contributed by atoms with Crippen molar-refractivity contribution in [1.29, 1.82) is 0 Å². The van der Waals surface area contributed by atoms with Gasteiger partial charge in [0.05, 0.1) is 9.77 Å². The van der Waals surface area contributed by atoms with Crippen LogP contribution in [0.5, 0.6) is 0 Å². The molecule has 0 atom stereocenters. The number of amides is 1. The van der Waals surface area contributed by atoms with Crippen LogP contribution in [-0.2, 0) is 22.9 Å². The summed E-state index contributed by atoms with van der Waals surface area (Å²) < 4.78 is 25.8. The number of hydrogen-bond donors (Lipinski definition) is 1. The van der Waals surface area contributed by atoms with Gasteiger partial charge in [-0.1, -0.05) is 26.3 Å². The highest BCUT2D eigenvalue weighted by molar-refractivity contribution is 7.89. The molecule has 1 amide bonds. The topological polar surface area (TPSA) is 66.5 Å². The summed E-state index contributed by atoms with van der Waals surface area (Å²) in [5, 5.41) is 2.87. The van der Waals surface area contributed by atoms with Gasteiger partial charge in [-0.05, 0) is 49.1 Å². The third-order valence-electron chi connectivity index (χ3n) is 4.21. The molecule has 2 aromatic rings. The zero-order chi connectivity index (χ0) is 19.5. The van der Waals surface area contributed by atoms with Crippen LogP contribution in [0.15, 0.2) is 29.2 Å². The Hall–Kier alpha value is -1.70. The molecule has 1 N–H and O–H groups in total. The predicted octanol–water partition coefficient (Wildman–Crippen LogP) is 4.07. The van der Waals surface area contributed by atoms with E-state index in [1.54, 1.807) is 12.1 Å². The van der Waals surface area contributed by atoms with Crippen LogP contribution in [-0.4, -0.2) is 32.7 Å². The normalized spacial score (nSPS) is 11.8. The molecular weight excluding hydrogens is 368 g/mol. The molecule has 142 valence electrons. The average Bonchev–Trinajstić information content (AvgIpc) is 3.00. The van der Waals surface area contributed by atoms with E-state index in [0.29, 0.717) is 10.6 Å². The van der Waals surface area contributed by atoms with Crippen molar-refractivity contribution < 1.29 is 13.2 Å².